The Kier molecular flexibility index (Phi) is 8.25. The Balaban J connectivity index is 1.36. The number of carbonyl (C=O) groups excluding carboxylic acids is 2. The lowest BCUT2D eigenvalue weighted by Gasteiger charge is -2.30. The van der Waals surface area contributed by atoms with Crippen LogP contribution in [0.15, 0.2) is 49.3 Å². The van der Waals surface area contributed by atoms with Gasteiger partial charge in [0.25, 0.3) is 5.91 Å². The van der Waals surface area contributed by atoms with Crippen molar-refractivity contribution >= 4 is 23.4 Å². The molecule has 1 saturated heterocycles. The quantitative estimate of drug-likeness (QED) is 0.342. The van der Waals surface area contributed by atoms with Gasteiger partial charge in [-0.15, -0.1) is 5.06 Å². The zero-order chi connectivity index (χ0) is 29.1. The highest BCUT2D eigenvalue weighted by Crippen LogP contribution is 2.41. The fraction of sp³-hybridized carbons (Fsp3) is 0.333. The van der Waals surface area contributed by atoms with Gasteiger partial charge in [-0.05, 0) is 73.9 Å². The molecule has 0 unspecified atom stereocenters. The maximum absolute atomic E-state index is 14.9. The van der Waals surface area contributed by atoms with Gasteiger partial charge in [0.05, 0.1) is 12.2 Å². The minimum atomic E-state index is -0.692. The summed E-state index contributed by atoms with van der Waals surface area (Å²) in [5, 5.41) is 4.21. The molecular formula is C30H31F2N5O4. The number of nitrogens with one attached hydrogen (secondary N) is 1. The molecule has 2 aliphatic rings. The number of hydroxylamine groups is 2. The average molecular weight is 564 g/mol. The zero-order valence-electron chi connectivity index (χ0n) is 22.7. The summed E-state index contributed by atoms with van der Waals surface area (Å²) in [5.74, 6) is -1.90. The second-order valence-electron chi connectivity index (χ2n) is 10.4. The molecule has 2 fully saturated rings. The maximum Gasteiger partial charge on any atom is 0.349 e. The molecule has 1 amide bonds. The number of amides is 1. The number of aromatic nitrogens is 2. The van der Waals surface area contributed by atoms with Crippen molar-refractivity contribution in [1.82, 2.24) is 15.0 Å². The van der Waals surface area contributed by atoms with Crippen LogP contribution in [0.2, 0.25) is 0 Å². The monoisotopic (exact) mass is 563 g/mol. The Morgan fingerprint density at radius 2 is 2.00 bits per heavy atom. The minimum absolute atomic E-state index is 0.0125. The van der Waals surface area contributed by atoms with Crippen molar-refractivity contribution < 1.29 is 27.9 Å². The first-order chi connectivity index (χ1) is 19.7. The molecule has 1 atom stereocenters. The predicted octanol–water partition coefficient (Wildman–Crippen LogP) is 5.18. The van der Waals surface area contributed by atoms with E-state index >= 15 is 0 Å². The lowest BCUT2D eigenvalue weighted by atomic mass is 10.00. The molecule has 3 aromatic rings. The normalized spacial score (nSPS) is 17.1. The number of benzene rings is 2. The van der Waals surface area contributed by atoms with Crippen molar-refractivity contribution in [1.29, 1.82) is 0 Å². The van der Waals surface area contributed by atoms with Gasteiger partial charge in [-0.3, -0.25) is 4.79 Å². The van der Waals surface area contributed by atoms with Crippen molar-refractivity contribution in [3.63, 3.8) is 0 Å². The molecule has 2 aromatic carbocycles. The van der Waals surface area contributed by atoms with E-state index in [1.54, 1.807) is 18.1 Å². The zero-order valence-corrected chi connectivity index (χ0v) is 22.7. The molecule has 11 heteroatoms. The molecule has 0 bridgehead atoms. The van der Waals surface area contributed by atoms with Crippen LogP contribution in [0.5, 0.6) is 5.75 Å². The summed E-state index contributed by atoms with van der Waals surface area (Å²) in [6, 6.07) is 7.03. The second-order valence-corrected chi connectivity index (χ2v) is 10.4. The summed E-state index contributed by atoms with van der Waals surface area (Å²) < 4.78 is 35.7. The molecule has 5 rings (SSSR count). The van der Waals surface area contributed by atoms with E-state index in [1.165, 1.54) is 30.6 Å². The molecule has 214 valence electrons. The van der Waals surface area contributed by atoms with E-state index in [2.05, 4.69) is 21.9 Å². The Morgan fingerprint density at radius 3 is 2.73 bits per heavy atom. The average Bonchev–Trinajstić information content (AvgIpc) is 3.80. The Morgan fingerprint density at radius 1 is 1.20 bits per heavy atom. The number of piperidine rings is 1. The van der Waals surface area contributed by atoms with Crippen LogP contribution < -0.4 is 15.8 Å². The predicted molar refractivity (Wildman–Crippen MR) is 149 cm³/mol. The van der Waals surface area contributed by atoms with Gasteiger partial charge < -0.3 is 20.6 Å². The molecular weight excluding hydrogens is 532 g/mol. The van der Waals surface area contributed by atoms with Gasteiger partial charge in [0.1, 0.15) is 23.7 Å². The van der Waals surface area contributed by atoms with E-state index in [4.69, 9.17) is 15.3 Å². The van der Waals surface area contributed by atoms with Crippen LogP contribution in [-0.2, 0) is 9.63 Å². The highest BCUT2D eigenvalue weighted by molar-refractivity contribution is 6.05. The van der Waals surface area contributed by atoms with Crippen LogP contribution in [0.3, 0.4) is 0 Å². The van der Waals surface area contributed by atoms with E-state index < -0.39 is 23.5 Å². The van der Waals surface area contributed by atoms with E-state index in [9.17, 15) is 18.4 Å². The van der Waals surface area contributed by atoms with E-state index in [-0.39, 0.29) is 41.0 Å². The van der Waals surface area contributed by atoms with Crippen molar-refractivity contribution in [2.45, 2.75) is 38.5 Å². The second kappa shape index (κ2) is 12.0. The van der Waals surface area contributed by atoms with Crippen molar-refractivity contribution in [2.24, 2.45) is 5.92 Å². The number of ether oxygens (including phenoxy) is 1. The summed E-state index contributed by atoms with van der Waals surface area (Å²) in [6.45, 7) is 6.38. The third-order valence-corrected chi connectivity index (χ3v) is 7.32. The number of carbonyl (C=O) groups is 2. The summed E-state index contributed by atoms with van der Waals surface area (Å²) in [6.07, 6.45) is 6.00. The molecule has 2 heterocycles. The first-order valence-corrected chi connectivity index (χ1v) is 13.5. The number of nitrogen functional groups attached to an aromatic ring is 1. The first kappa shape index (κ1) is 28.2. The SMILES string of the molecule is C=CC(=O)ON1CCC[C@@H](COc2c(N)ncnc2-c2cc(F)cc(NC(=O)c3ccc(C4CC4)cc3F)c2C)C1. The highest BCUT2D eigenvalue weighted by atomic mass is 19.1. The van der Waals surface area contributed by atoms with Crippen LogP contribution in [0.4, 0.5) is 20.3 Å². The topological polar surface area (TPSA) is 120 Å². The van der Waals surface area contributed by atoms with E-state index in [0.29, 0.717) is 30.1 Å². The van der Waals surface area contributed by atoms with Crippen molar-refractivity contribution in [3.05, 3.63) is 77.6 Å². The molecule has 1 aliphatic heterocycles. The number of anilines is 2. The fourth-order valence-electron chi connectivity index (χ4n) is 4.96. The number of nitrogens with zero attached hydrogens (tertiary/aromatic N) is 3. The van der Waals surface area contributed by atoms with Crippen LogP contribution in [0.1, 0.15) is 53.1 Å². The molecule has 0 radical (unpaired) electrons. The largest absolute Gasteiger partial charge is 0.487 e. The molecule has 1 aromatic heterocycles. The molecule has 41 heavy (non-hydrogen) atoms. The molecule has 1 saturated carbocycles. The van der Waals surface area contributed by atoms with Gasteiger partial charge in [0, 0.05) is 36.3 Å². The van der Waals surface area contributed by atoms with Gasteiger partial charge in [0.2, 0.25) is 0 Å². The maximum atomic E-state index is 14.9. The van der Waals surface area contributed by atoms with E-state index in [0.717, 1.165) is 37.3 Å². The minimum Gasteiger partial charge on any atom is -0.487 e. The standard InChI is InChI=1S/C30H31F2N5O4/c1-3-26(38)41-37-10-4-5-18(14-37)15-40-28-27(34-16-35-29(28)33)23-12-21(31)13-25(17(23)2)36-30(39)22-9-8-20(11-24(22)32)19-6-7-19/h3,8-9,11-13,16,18-19H,1,4-7,10,14-15H2,2H3,(H,36,39)(H2,33,34,35)/t18-/m1/s1. The fourth-order valence-corrected chi connectivity index (χ4v) is 4.96. The number of nitrogens with two attached hydrogens (primary N) is 1. The van der Waals surface area contributed by atoms with Gasteiger partial charge >= 0.3 is 5.97 Å². The number of rotatable bonds is 9. The molecule has 3 N–H and O–H groups in total. The summed E-state index contributed by atoms with van der Waals surface area (Å²) in [4.78, 5) is 38.1. The Hall–Kier alpha value is -4.38. The Labute approximate surface area is 236 Å². The third kappa shape index (κ3) is 6.51. The summed E-state index contributed by atoms with van der Waals surface area (Å²) in [7, 11) is 0. The molecule has 1 aliphatic carbocycles. The highest BCUT2D eigenvalue weighted by Gasteiger charge is 2.27. The number of halogens is 2. The Bertz CT molecular complexity index is 1490. The smallest absolute Gasteiger partial charge is 0.349 e. The summed E-state index contributed by atoms with van der Waals surface area (Å²) in [5.41, 5.74) is 8.11. The van der Waals surface area contributed by atoms with Crippen LogP contribution in [0.25, 0.3) is 11.3 Å². The molecule has 9 nitrogen and oxygen atoms in total. The van der Waals surface area contributed by atoms with Crippen LogP contribution in [0, 0.1) is 24.5 Å². The van der Waals surface area contributed by atoms with Crippen molar-refractivity contribution in [3.8, 4) is 17.0 Å². The van der Waals surface area contributed by atoms with Crippen LogP contribution in [-0.4, -0.2) is 46.6 Å². The van der Waals surface area contributed by atoms with Gasteiger partial charge in [-0.2, -0.15) is 0 Å². The number of hydrogen-bond acceptors (Lipinski definition) is 8. The van der Waals surface area contributed by atoms with Gasteiger partial charge in [0.15, 0.2) is 11.6 Å². The van der Waals surface area contributed by atoms with Gasteiger partial charge in [-0.1, -0.05) is 12.6 Å². The lowest BCUT2D eigenvalue weighted by Crippen LogP contribution is -2.38. The molecule has 0 spiro atoms. The van der Waals surface area contributed by atoms with Crippen molar-refractivity contribution in [2.75, 3.05) is 30.7 Å². The van der Waals surface area contributed by atoms with Gasteiger partial charge in [-0.25, -0.2) is 23.5 Å². The lowest BCUT2D eigenvalue weighted by molar-refractivity contribution is -0.193. The van der Waals surface area contributed by atoms with E-state index in [1.807, 2.05) is 0 Å². The summed E-state index contributed by atoms with van der Waals surface area (Å²) >= 11 is 0. The third-order valence-electron chi connectivity index (χ3n) is 7.32. The number of hydrogen-bond donors (Lipinski definition) is 2. The van der Waals surface area contributed by atoms with Crippen LogP contribution >= 0.6 is 0 Å². The first-order valence-electron chi connectivity index (χ1n) is 13.5.